The second-order valence-electron chi connectivity index (χ2n) is 5.05. The highest BCUT2D eigenvalue weighted by Crippen LogP contribution is 2.27. The second kappa shape index (κ2) is 5.59. The molecular weight excluding hydrogens is 224 g/mol. The molecule has 1 aromatic rings. The predicted molar refractivity (Wildman–Crippen MR) is 80.8 cm³/mol. The van der Waals surface area contributed by atoms with Crippen LogP contribution in [-0.4, -0.2) is 0 Å². The van der Waals surface area contributed by atoms with E-state index in [1.807, 2.05) is 0 Å². The van der Waals surface area contributed by atoms with Crippen LogP contribution in [0, 0.1) is 19.8 Å². The molecule has 1 rings (SSSR count). The van der Waals surface area contributed by atoms with Crippen LogP contribution >= 0.6 is 12.6 Å². The van der Waals surface area contributed by atoms with Crippen LogP contribution in [0.1, 0.15) is 37.5 Å². The number of hydrogen-bond acceptors (Lipinski definition) is 1. The Morgan fingerprint density at radius 3 is 2.35 bits per heavy atom. The smallest absolute Gasteiger partial charge is 0.0142 e. The minimum atomic E-state index is 0.487. The molecule has 0 radical (unpaired) electrons. The summed E-state index contributed by atoms with van der Waals surface area (Å²) in [7, 11) is 0. The minimum absolute atomic E-state index is 0.487. The number of benzene rings is 1. The van der Waals surface area contributed by atoms with Gasteiger partial charge in [0.25, 0.3) is 0 Å². The molecule has 0 N–H and O–H groups in total. The maximum atomic E-state index is 4.60. The van der Waals surface area contributed by atoms with Crippen molar-refractivity contribution in [2.75, 3.05) is 0 Å². The van der Waals surface area contributed by atoms with Crippen molar-refractivity contribution in [2.45, 2.75) is 39.5 Å². The van der Waals surface area contributed by atoms with Gasteiger partial charge >= 0.3 is 0 Å². The van der Waals surface area contributed by atoms with Crippen molar-refractivity contribution in [1.82, 2.24) is 0 Å². The number of rotatable bonds is 3. The Bertz CT molecular complexity index is 465. The van der Waals surface area contributed by atoms with E-state index in [4.69, 9.17) is 0 Å². The van der Waals surface area contributed by atoms with Gasteiger partial charge in [0.15, 0.2) is 0 Å². The highest BCUT2D eigenvalue weighted by atomic mass is 32.1. The van der Waals surface area contributed by atoms with Crippen molar-refractivity contribution >= 4 is 18.7 Å². The third kappa shape index (κ3) is 3.50. The van der Waals surface area contributed by atoms with E-state index in [0.717, 1.165) is 10.5 Å². The Labute approximate surface area is 111 Å². The average Bonchev–Trinajstić information content (AvgIpc) is 2.19. The average molecular weight is 246 g/mol. The van der Waals surface area contributed by atoms with Gasteiger partial charge in [-0.1, -0.05) is 49.8 Å². The third-order valence-corrected chi connectivity index (χ3v) is 3.51. The first-order valence-electron chi connectivity index (χ1n) is 6.00. The molecule has 1 aromatic carbocycles. The summed E-state index contributed by atoms with van der Waals surface area (Å²) < 4.78 is 0. The van der Waals surface area contributed by atoms with Crippen LogP contribution in [0.3, 0.4) is 0 Å². The molecular formula is C16H22S. The van der Waals surface area contributed by atoms with E-state index in [1.165, 1.54) is 22.3 Å². The highest BCUT2D eigenvalue weighted by molar-refractivity contribution is 7.80. The largest absolute Gasteiger partial charge is 0.143 e. The second-order valence-corrected chi connectivity index (χ2v) is 5.50. The molecule has 0 aliphatic heterocycles. The van der Waals surface area contributed by atoms with E-state index in [1.54, 1.807) is 0 Å². The lowest BCUT2D eigenvalue weighted by Crippen LogP contribution is -1.96. The maximum absolute atomic E-state index is 4.60. The molecule has 92 valence electrons. The molecule has 0 nitrogen and oxygen atoms in total. The SMILES string of the molecule is C=C(C)/C(=C/c1cc(C)cc(C)c1S)C(C)C. The summed E-state index contributed by atoms with van der Waals surface area (Å²) in [5.41, 5.74) is 6.12. The third-order valence-electron chi connectivity index (χ3n) is 2.90. The zero-order chi connectivity index (χ0) is 13.2. The van der Waals surface area contributed by atoms with Gasteiger partial charge in [-0.3, -0.25) is 0 Å². The van der Waals surface area contributed by atoms with Crippen LogP contribution < -0.4 is 0 Å². The van der Waals surface area contributed by atoms with Crippen molar-refractivity contribution in [2.24, 2.45) is 5.92 Å². The Morgan fingerprint density at radius 1 is 1.29 bits per heavy atom. The summed E-state index contributed by atoms with van der Waals surface area (Å²) in [5, 5.41) is 0. The predicted octanol–water partition coefficient (Wildman–Crippen LogP) is 5.21. The van der Waals surface area contributed by atoms with Crippen LogP contribution in [0.4, 0.5) is 0 Å². The lowest BCUT2D eigenvalue weighted by molar-refractivity contribution is 0.784. The molecule has 0 amide bonds. The maximum Gasteiger partial charge on any atom is 0.0142 e. The Morgan fingerprint density at radius 2 is 1.88 bits per heavy atom. The van der Waals surface area contributed by atoms with Crippen molar-refractivity contribution in [3.05, 3.63) is 46.5 Å². The van der Waals surface area contributed by atoms with Gasteiger partial charge in [-0.25, -0.2) is 0 Å². The monoisotopic (exact) mass is 246 g/mol. The van der Waals surface area contributed by atoms with E-state index in [0.29, 0.717) is 5.92 Å². The summed E-state index contributed by atoms with van der Waals surface area (Å²) in [6, 6.07) is 4.34. The molecule has 0 spiro atoms. The molecule has 0 aliphatic carbocycles. The summed E-state index contributed by atoms with van der Waals surface area (Å²) in [6.07, 6.45) is 2.22. The summed E-state index contributed by atoms with van der Waals surface area (Å²) in [5.74, 6) is 0.487. The molecule has 0 saturated heterocycles. The number of aryl methyl sites for hydroxylation is 2. The van der Waals surface area contributed by atoms with Gasteiger partial charge in [0, 0.05) is 4.90 Å². The number of allylic oxidation sites excluding steroid dienone is 2. The Hall–Kier alpha value is -0.950. The molecule has 0 heterocycles. The van der Waals surface area contributed by atoms with Crippen LogP contribution in [0.15, 0.2) is 34.8 Å². The van der Waals surface area contributed by atoms with Gasteiger partial charge in [0.1, 0.15) is 0 Å². The first-order chi connectivity index (χ1) is 7.82. The Balaban J connectivity index is 3.34. The fourth-order valence-corrected chi connectivity index (χ4v) is 2.25. The topological polar surface area (TPSA) is 0 Å². The summed E-state index contributed by atoms with van der Waals surface area (Å²) in [6.45, 7) is 14.7. The fraction of sp³-hybridized carbons (Fsp3) is 0.375. The first kappa shape index (κ1) is 14.1. The quantitative estimate of drug-likeness (QED) is 0.549. The molecule has 0 atom stereocenters. The molecule has 0 saturated carbocycles. The van der Waals surface area contributed by atoms with Crippen LogP contribution in [0.25, 0.3) is 6.08 Å². The first-order valence-corrected chi connectivity index (χ1v) is 6.45. The van der Waals surface area contributed by atoms with Crippen LogP contribution in [-0.2, 0) is 0 Å². The molecule has 1 heteroatoms. The van der Waals surface area contributed by atoms with Crippen molar-refractivity contribution in [3.63, 3.8) is 0 Å². The van der Waals surface area contributed by atoms with Gasteiger partial charge < -0.3 is 0 Å². The number of thiol groups is 1. The normalized spacial score (nSPS) is 12.1. The van der Waals surface area contributed by atoms with Crippen molar-refractivity contribution in [3.8, 4) is 0 Å². The zero-order valence-corrected chi connectivity index (χ0v) is 12.4. The van der Waals surface area contributed by atoms with Gasteiger partial charge in [0.2, 0.25) is 0 Å². The van der Waals surface area contributed by atoms with Gasteiger partial charge in [-0.15, -0.1) is 12.6 Å². The molecule has 0 fully saturated rings. The molecule has 0 aliphatic rings. The van der Waals surface area contributed by atoms with E-state index in [9.17, 15) is 0 Å². The lowest BCUT2D eigenvalue weighted by atomic mass is 9.94. The van der Waals surface area contributed by atoms with Crippen LogP contribution in [0.2, 0.25) is 0 Å². The summed E-state index contributed by atoms with van der Waals surface area (Å²) in [4.78, 5) is 1.06. The lowest BCUT2D eigenvalue weighted by Gasteiger charge is -2.13. The molecule has 17 heavy (non-hydrogen) atoms. The van der Waals surface area contributed by atoms with Crippen LogP contribution in [0.5, 0.6) is 0 Å². The van der Waals surface area contributed by atoms with E-state index < -0.39 is 0 Å². The van der Waals surface area contributed by atoms with E-state index >= 15 is 0 Å². The number of hydrogen-bond donors (Lipinski definition) is 1. The van der Waals surface area contributed by atoms with Crippen molar-refractivity contribution < 1.29 is 0 Å². The minimum Gasteiger partial charge on any atom is -0.143 e. The van der Waals surface area contributed by atoms with Gasteiger partial charge in [0.05, 0.1) is 0 Å². The molecule has 0 bridgehead atoms. The van der Waals surface area contributed by atoms with Gasteiger partial charge in [-0.05, 0) is 43.4 Å². The highest BCUT2D eigenvalue weighted by Gasteiger charge is 2.07. The van der Waals surface area contributed by atoms with E-state index in [2.05, 4.69) is 72.0 Å². The molecule has 0 aromatic heterocycles. The van der Waals surface area contributed by atoms with Gasteiger partial charge in [-0.2, -0.15) is 0 Å². The standard InChI is InChI=1S/C16H22S/c1-10(2)15(11(3)4)9-14-8-12(5)7-13(6)16(14)17/h7-9,11,17H,1H2,2-6H3/b15-9-. The Kier molecular flexibility index (Phi) is 4.64. The van der Waals surface area contributed by atoms with E-state index in [-0.39, 0.29) is 0 Å². The molecule has 0 unspecified atom stereocenters. The summed E-state index contributed by atoms with van der Waals surface area (Å²) >= 11 is 4.60. The fourth-order valence-electron chi connectivity index (χ4n) is 2.05. The zero-order valence-electron chi connectivity index (χ0n) is 11.5. The van der Waals surface area contributed by atoms with Crippen molar-refractivity contribution in [1.29, 1.82) is 0 Å².